The minimum atomic E-state index is 0.349. The zero-order valence-electron chi connectivity index (χ0n) is 17.6. The van der Waals surface area contributed by atoms with Gasteiger partial charge in [-0.3, -0.25) is 20.7 Å². The highest BCUT2D eigenvalue weighted by Gasteiger charge is 2.30. The van der Waals surface area contributed by atoms with Gasteiger partial charge in [0.25, 0.3) is 0 Å². The molecule has 4 heterocycles. The molecule has 0 bridgehead atoms. The third-order valence-electron chi connectivity index (χ3n) is 6.90. The van der Waals surface area contributed by atoms with Crippen LogP contribution in [0.25, 0.3) is 0 Å². The van der Waals surface area contributed by atoms with Gasteiger partial charge in [-0.1, -0.05) is 6.07 Å². The van der Waals surface area contributed by atoms with Crippen LogP contribution in [0.2, 0.25) is 0 Å². The van der Waals surface area contributed by atoms with Crippen molar-refractivity contribution in [1.29, 1.82) is 0 Å². The molecule has 4 aliphatic heterocycles. The number of piperazine rings is 1. The van der Waals surface area contributed by atoms with Crippen molar-refractivity contribution >= 4 is 0 Å². The lowest BCUT2D eigenvalue weighted by Gasteiger charge is -2.43. The molecule has 4 aliphatic rings. The maximum atomic E-state index is 5.53. The van der Waals surface area contributed by atoms with Gasteiger partial charge < -0.3 is 14.4 Å². The molecular formula is C22H35N5O2. The lowest BCUT2D eigenvalue weighted by atomic mass is 10.0. The Bertz CT molecular complexity index is 694. The highest BCUT2D eigenvalue weighted by atomic mass is 16.7. The van der Waals surface area contributed by atoms with E-state index in [1.165, 1.54) is 57.5 Å². The first kappa shape index (κ1) is 19.6. The quantitative estimate of drug-likeness (QED) is 0.770. The Hall–Kier alpha value is -1.38. The predicted molar refractivity (Wildman–Crippen MR) is 113 cm³/mol. The van der Waals surface area contributed by atoms with Gasteiger partial charge in [-0.05, 0) is 50.4 Å². The maximum absolute atomic E-state index is 5.53. The summed E-state index contributed by atoms with van der Waals surface area (Å²) in [7, 11) is 0. The van der Waals surface area contributed by atoms with Crippen molar-refractivity contribution in [1.82, 2.24) is 25.6 Å². The molecule has 3 unspecified atom stereocenters. The zero-order valence-corrected chi connectivity index (χ0v) is 17.6. The molecule has 7 heteroatoms. The monoisotopic (exact) mass is 401 g/mol. The Morgan fingerprint density at radius 1 is 1.00 bits per heavy atom. The summed E-state index contributed by atoms with van der Waals surface area (Å²) in [6.07, 6.45) is 3.92. The Kier molecular flexibility index (Phi) is 5.92. The summed E-state index contributed by atoms with van der Waals surface area (Å²) in [5.74, 6) is 1.77. The third kappa shape index (κ3) is 4.70. The molecule has 3 atom stereocenters. The fourth-order valence-corrected chi connectivity index (χ4v) is 5.32. The van der Waals surface area contributed by atoms with Gasteiger partial charge in [-0.15, -0.1) is 0 Å². The van der Waals surface area contributed by atoms with Gasteiger partial charge in [0.05, 0.1) is 0 Å². The van der Waals surface area contributed by atoms with E-state index in [-0.39, 0.29) is 0 Å². The molecule has 1 aromatic carbocycles. The van der Waals surface area contributed by atoms with Crippen LogP contribution in [0.3, 0.4) is 0 Å². The van der Waals surface area contributed by atoms with Gasteiger partial charge in [-0.2, -0.15) is 0 Å². The van der Waals surface area contributed by atoms with E-state index in [9.17, 15) is 0 Å². The largest absolute Gasteiger partial charge is 0.454 e. The fourth-order valence-electron chi connectivity index (χ4n) is 5.32. The first-order valence-corrected chi connectivity index (χ1v) is 11.3. The van der Waals surface area contributed by atoms with Gasteiger partial charge in [0, 0.05) is 63.9 Å². The number of piperidine rings is 1. The highest BCUT2D eigenvalue weighted by Crippen LogP contribution is 2.33. The van der Waals surface area contributed by atoms with Crippen molar-refractivity contribution in [3.8, 4) is 11.5 Å². The van der Waals surface area contributed by atoms with Gasteiger partial charge in [0.15, 0.2) is 11.5 Å². The molecule has 0 radical (unpaired) electrons. The van der Waals surface area contributed by atoms with E-state index in [2.05, 4.69) is 44.6 Å². The van der Waals surface area contributed by atoms with E-state index in [0.29, 0.717) is 18.9 Å². The Morgan fingerprint density at radius 2 is 1.86 bits per heavy atom. The van der Waals surface area contributed by atoms with Crippen LogP contribution in [-0.4, -0.2) is 85.4 Å². The number of rotatable bonds is 5. The van der Waals surface area contributed by atoms with E-state index in [0.717, 1.165) is 37.2 Å². The molecule has 3 fully saturated rings. The summed E-state index contributed by atoms with van der Waals surface area (Å²) >= 11 is 0. The van der Waals surface area contributed by atoms with E-state index in [4.69, 9.17) is 9.47 Å². The fraction of sp³-hybridized carbons (Fsp3) is 0.727. The maximum Gasteiger partial charge on any atom is 0.231 e. The molecule has 0 aromatic heterocycles. The third-order valence-corrected chi connectivity index (χ3v) is 6.90. The molecule has 0 amide bonds. The van der Waals surface area contributed by atoms with Gasteiger partial charge in [-0.25, -0.2) is 0 Å². The predicted octanol–water partition coefficient (Wildman–Crippen LogP) is 1.25. The number of ether oxygens (including phenoxy) is 2. The molecule has 0 aliphatic carbocycles. The van der Waals surface area contributed by atoms with Gasteiger partial charge in [0.1, 0.15) is 0 Å². The van der Waals surface area contributed by atoms with Crippen molar-refractivity contribution in [2.24, 2.45) is 0 Å². The first-order chi connectivity index (χ1) is 14.2. The van der Waals surface area contributed by atoms with Crippen LogP contribution in [0, 0.1) is 0 Å². The number of fused-ring (bicyclic) bond motifs is 1. The normalized spacial score (nSPS) is 31.4. The van der Waals surface area contributed by atoms with Crippen molar-refractivity contribution in [3.63, 3.8) is 0 Å². The summed E-state index contributed by atoms with van der Waals surface area (Å²) in [5, 5.41) is 0. The van der Waals surface area contributed by atoms with E-state index in [1.807, 2.05) is 6.07 Å². The zero-order chi connectivity index (χ0) is 19.6. The Labute approximate surface area is 174 Å². The number of benzene rings is 1. The average molecular weight is 402 g/mol. The molecular weight excluding hydrogens is 366 g/mol. The van der Waals surface area contributed by atoms with E-state index < -0.39 is 0 Å². The van der Waals surface area contributed by atoms with Crippen LogP contribution in [0.5, 0.6) is 11.5 Å². The second-order valence-electron chi connectivity index (χ2n) is 9.18. The standard InChI is InChI=1S/C22H35N5O2/c1-17-11-19(24-23-17)14-26-6-2-3-20(15-26)27-9-7-25(8-10-27)13-18-4-5-21-22(12-18)29-16-28-21/h4-5,12,17,19-20,23-24H,2-3,6-11,13-16H2,1H3. The topological polar surface area (TPSA) is 52.2 Å². The van der Waals surface area contributed by atoms with Gasteiger partial charge >= 0.3 is 0 Å². The summed E-state index contributed by atoms with van der Waals surface area (Å²) < 4.78 is 11.0. The molecule has 3 saturated heterocycles. The minimum Gasteiger partial charge on any atom is -0.454 e. The lowest BCUT2D eigenvalue weighted by Crippen LogP contribution is -2.55. The Balaban J connectivity index is 1.09. The number of nitrogens with one attached hydrogen (secondary N) is 2. The summed E-state index contributed by atoms with van der Waals surface area (Å²) in [5.41, 5.74) is 8.15. The first-order valence-electron chi connectivity index (χ1n) is 11.3. The van der Waals surface area contributed by atoms with Crippen molar-refractivity contribution in [3.05, 3.63) is 23.8 Å². The number of hydrazine groups is 1. The van der Waals surface area contributed by atoms with E-state index >= 15 is 0 Å². The van der Waals surface area contributed by atoms with E-state index in [1.54, 1.807) is 0 Å². The second kappa shape index (κ2) is 8.78. The molecule has 7 nitrogen and oxygen atoms in total. The summed E-state index contributed by atoms with van der Waals surface area (Å²) in [6, 6.07) is 8.27. The molecule has 5 rings (SSSR count). The van der Waals surface area contributed by atoms with Crippen LogP contribution in [0.15, 0.2) is 18.2 Å². The Morgan fingerprint density at radius 3 is 2.69 bits per heavy atom. The van der Waals surface area contributed by atoms with Crippen LogP contribution in [-0.2, 0) is 6.54 Å². The highest BCUT2D eigenvalue weighted by molar-refractivity contribution is 5.44. The number of hydrogen-bond acceptors (Lipinski definition) is 7. The summed E-state index contributed by atoms with van der Waals surface area (Å²) in [6.45, 7) is 11.9. The van der Waals surface area contributed by atoms with Crippen molar-refractivity contribution in [2.75, 3.05) is 52.6 Å². The average Bonchev–Trinajstić information content (AvgIpc) is 3.37. The number of nitrogens with zero attached hydrogens (tertiary/aromatic N) is 3. The SMILES string of the molecule is CC1CC(CN2CCCC(N3CCN(Cc4ccc5c(c4)OCO5)CC3)C2)NN1. The lowest BCUT2D eigenvalue weighted by molar-refractivity contribution is 0.0476. The van der Waals surface area contributed by atoms with Crippen LogP contribution >= 0.6 is 0 Å². The molecule has 1 aromatic rings. The molecule has 160 valence electrons. The molecule has 0 saturated carbocycles. The number of hydrogen-bond donors (Lipinski definition) is 2. The number of likely N-dealkylation sites (tertiary alicyclic amines) is 1. The van der Waals surface area contributed by atoms with Crippen LogP contribution in [0.1, 0.15) is 31.7 Å². The second-order valence-corrected chi connectivity index (χ2v) is 9.18. The molecule has 2 N–H and O–H groups in total. The smallest absolute Gasteiger partial charge is 0.231 e. The van der Waals surface area contributed by atoms with Crippen LogP contribution in [0.4, 0.5) is 0 Å². The van der Waals surface area contributed by atoms with Gasteiger partial charge in [0.2, 0.25) is 6.79 Å². The molecule has 0 spiro atoms. The minimum absolute atomic E-state index is 0.349. The van der Waals surface area contributed by atoms with Crippen LogP contribution < -0.4 is 20.3 Å². The van der Waals surface area contributed by atoms with Crippen molar-refractivity contribution in [2.45, 2.75) is 50.9 Å². The molecule has 29 heavy (non-hydrogen) atoms. The summed E-state index contributed by atoms with van der Waals surface area (Å²) in [4.78, 5) is 8.00. The van der Waals surface area contributed by atoms with Crippen molar-refractivity contribution < 1.29 is 9.47 Å².